The van der Waals surface area contributed by atoms with Crippen LogP contribution in [0.25, 0.3) is 6.08 Å². The van der Waals surface area contributed by atoms with Gasteiger partial charge in [0.1, 0.15) is 0 Å². The minimum absolute atomic E-state index is 0.0492. The summed E-state index contributed by atoms with van der Waals surface area (Å²) in [4.78, 5) is 22.1. The second-order valence-corrected chi connectivity index (χ2v) is 3.43. The normalized spacial score (nSPS) is 10.6. The number of hydrogen-bond acceptors (Lipinski definition) is 2. The smallest absolute Gasteiger partial charge is 0.328 e. The van der Waals surface area contributed by atoms with Gasteiger partial charge in [0.15, 0.2) is 5.78 Å². The minimum atomic E-state index is -1.02. The van der Waals surface area contributed by atoms with Crippen molar-refractivity contribution in [1.29, 1.82) is 0 Å². The average Bonchev–Trinajstić information content (AvgIpc) is 2.27. The Morgan fingerprint density at radius 3 is 2.62 bits per heavy atom. The van der Waals surface area contributed by atoms with Crippen molar-refractivity contribution in [2.24, 2.45) is 0 Å². The quantitative estimate of drug-likeness (QED) is 0.610. The van der Waals surface area contributed by atoms with E-state index in [-0.39, 0.29) is 5.78 Å². The fourth-order valence-corrected chi connectivity index (χ4v) is 1.42. The van der Waals surface area contributed by atoms with E-state index in [1.165, 1.54) is 6.08 Å². The number of rotatable bonds is 5. The maximum Gasteiger partial charge on any atom is 0.328 e. The average molecular weight is 218 g/mol. The highest BCUT2D eigenvalue weighted by Crippen LogP contribution is 2.13. The van der Waals surface area contributed by atoms with Crippen molar-refractivity contribution < 1.29 is 14.7 Å². The molecular weight excluding hydrogens is 204 g/mol. The highest BCUT2D eigenvalue weighted by molar-refractivity contribution is 6.00. The molecule has 0 aliphatic carbocycles. The number of carbonyl (C=O) groups excluding carboxylic acids is 1. The van der Waals surface area contributed by atoms with Crippen molar-refractivity contribution in [2.75, 3.05) is 0 Å². The largest absolute Gasteiger partial charge is 0.478 e. The lowest BCUT2D eigenvalue weighted by molar-refractivity contribution is -0.131. The van der Waals surface area contributed by atoms with Gasteiger partial charge in [-0.2, -0.15) is 0 Å². The summed E-state index contributed by atoms with van der Waals surface area (Å²) in [6.07, 6.45) is 3.76. The van der Waals surface area contributed by atoms with Gasteiger partial charge < -0.3 is 5.11 Å². The molecule has 1 rings (SSSR count). The van der Waals surface area contributed by atoms with Gasteiger partial charge in [-0.05, 0) is 18.1 Å². The fourth-order valence-electron chi connectivity index (χ4n) is 1.42. The number of ketones is 1. The first-order valence-corrected chi connectivity index (χ1v) is 5.18. The molecule has 1 N–H and O–H groups in total. The van der Waals surface area contributed by atoms with Gasteiger partial charge in [-0.25, -0.2) is 4.79 Å². The maximum atomic E-state index is 11.7. The Kier molecular flexibility index (Phi) is 4.45. The van der Waals surface area contributed by atoms with E-state index in [1.54, 1.807) is 24.3 Å². The summed E-state index contributed by atoms with van der Waals surface area (Å²) in [6.45, 7) is 1.94. The van der Waals surface area contributed by atoms with Gasteiger partial charge in [-0.3, -0.25) is 4.79 Å². The zero-order valence-electron chi connectivity index (χ0n) is 9.14. The summed E-state index contributed by atoms with van der Waals surface area (Å²) in [5.74, 6) is -0.967. The molecule has 0 spiro atoms. The van der Waals surface area contributed by atoms with E-state index in [2.05, 4.69) is 0 Å². The van der Waals surface area contributed by atoms with E-state index >= 15 is 0 Å². The number of aliphatic carboxylic acids is 1. The summed E-state index contributed by atoms with van der Waals surface area (Å²) in [5.41, 5.74) is 1.24. The Bertz CT molecular complexity index is 419. The van der Waals surface area contributed by atoms with Gasteiger partial charge in [-0.15, -0.1) is 0 Å². The van der Waals surface area contributed by atoms with Crippen molar-refractivity contribution in [3.63, 3.8) is 0 Å². The molecule has 0 aromatic heterocycles. The summed E-state index contributed by atoms with van der Waals surface area (Å²) < 4.78 is 0. The molecule has 1 aromatic rings. The van der Waals surface area contributed by atoms with Crippen molar-refractivity contribution in [3.8, 4) is 0 Å². The zero-order chi connectivity index (χ0) is 12.0. The van der Waals surface area contributed by atoms with Gasteiger partial charge in [0.25, 0.3) is 0 Å². The number of hydrogen-bond donors (Lipinski definition) is 1. The van der Waals surface area contributed by atoms with Crippen molar-refractivity contribution >= 4 is 17.8 Å². The van der Waals surface area contributed by atoms with Crippen LogP contribution in [0.15, 0.2) is 30.3 Å². The van der Waals surface area contributed by atoms with Crippen molar-refractivity contribution in [2.45, 2.75) is 19.8 Å². The molecule has 0 heterocycles. The molecule has 0 radical (unpaired) electrons. The third-order valence-electron chi connectivity index (χ3n) is 2.14. The van der Waals surface area contributed by atoms with Crippen LogP contribution >= 0.6 is 0 Å². The molecule has 84 valence electrons. The molecule has 0 aliphatic rings. The lowest BCUT2D eigenvalue weighted by atomic mass is 10.0. The maximum absolute atomic E-state index is 11.7. The summed E-state index contributed by atoms with van der Waals surface area (Å²) in [6, 6.07) is 7.02. The molecule has 0 saturated heterocycles. The Morgan fingerprint density at radius 1 is 1.31 bits per heavy atom. The van der Waals surface area contributed by atoms with Crippen LogP contribution in [0, 0.1) is 0 Å². The van der Waals surface area contributed by atoms with Gasteiger partial charge in [0, 0.05) is 18.1 Å². The summed E-state index contributed by atoms with van der Waals surface area (Å²) in [5, 5.41) is 8.54. The van der Waals surface area contributed by atoms with Crippen LogP contribution in [-0.2, 0) is 4.79 Å². The van der Waals surface area contributed by atoms with Crippen LogP contribution in [0.1, 0.15) is 35.7 Å². The number of Topliss-reactive ketones (excluding diaryl/α,β-unsaturated/α-hetero) is 1. The van der Waals surface area contributed by atoms with Gasteiger partial charge >= 0.3 is 5.97 Å². The molecule has 3 nitrogen and oxygen atoms in total. The van der Waals surface area contributed by atoms with Crippen LogP contribution in [0.4, 0.5) is 0 Å². The standard InChI is InChI=1S/C13H14O3/c1-2-5-12(14)11-7-4-3-6-10(11)8-9-13(15)16/h3-4,6-9H,2,5H2,1H3,(H,15,16)/b9-8+. The molecule has 0 saturated carbocycles. The number of carboxylic acid groups (broad SMARTS) is 1. The molecule has 1 aromatic carbocycles. The first-order valence-electron chi connectivity index (χ1n) is 5.18. The Labute approximate surface area is 94.4 Å². The second-order valence-electron chi connectivity index (χ2n) is 3.43. The SMILES string of the molecule is CCCC(=O)c1ccccc1/C=C/C(=O)O. The lowest BCUT2D eigenvalue weighted by Gasteiger charge is -2.03. The molecular formula is C13H14O3. The molecule has 0 fully saturated rings. The van der Waals surface area contributed by atoms with Crippen LogP contribution < -0.4 is 0 Å². The Morgan fingerprint density at radius 2 is 2.00 bits per heavy atom. The third-order valence-corrected chi connectivity index (χ3v) is 2.14. The highest BCUT2D eigenvalue weighted by atomic mass is 16.4. The molecule has 3 heteroatoms. The number of carbonyl (C=O) groups is 2. The summed E-state index contributed by atoms with van der Waals surface area (Å²) in [7, 11) is 0. The number of benzene rings is 1. The van der Waals surface area contributed by atoms with Gasteiger partial charge in [0.05, 0.1) is 0 Å². The topological polar surface area (TPSA) is 54.4 Å². The van der Waals surface area contributed by atoms with Crippen molar-refractivity contribution in [3.05, 3.63) is 41.5 Å². The van der Waals surface area contributed by atoms with Crippen LogP contribution in [0.5, 0.6) is 0 Å². The van der Waals surface area contributed by atoms with Gasteiger partial charge in [0.2, 0.25) is 0 Å². The monoisotopic (exact) mass is 218 g/mol. The molecule has 0 atom stereocenters. The predicted molar refractivity (Wildman–Crippen MR) is 62.4 cm³/mol. The van der Waals surface area contributed by atoms with Crippen LogP contribution in [0.3, 0.4) is 0 Å². The molecule has 0 aliphatic heterocycles. The molecule has 0 unspecified atom stereocenters. The van der Waals surface area contributed by atoms with E-state index < -0.39 is 5.97 Å². The first-order chi connectivity index (χ1) is 7.65. The third kappa shape index (κ3) is 3.35. The first kappa shape index (κ1) is 12.2. The Balaban J connectivity index is 3.00. The molecule has 0 bridgehead atoms. The second kappa shape index (κ2) is 5.85. The molecule has 16 heavy (non-hydrogen) atoms. The fraction of sp³-hybridized carbons (Fsp3) is 0.231. The Hall–Kier alpha value is -1.90. The minimum Gasteiger partial charge on any atom is -0.478 e. The van der Waals surface area contributed by atoms with E-state index in [0.29, 0.717) is 17.5 Å². The van der Waals surface area contributed by atoms with Gasteiger partial charge in [-0.1, -0.05) is 31.2 Å². The highest BCUT2D eigenvalue weighted by Gasteiger charge is 2.07. The van der Waals surface area contributed by atoms with E-state index in [4.69, 9.17) is 5.11 Å². The predicted octanol–water partition coefficient (Wildman–Crippen LogP) is 2.77. The van der Waals surface area contributed by atoms with E-state index in [0.717, 1.165) is 12.5 Å². The van der Waals surface area contributed by atoms with Crippen molar-refractivity contribution in [1.82, 2.24) is 0 Å². The number of carboxylic acids is 1. The summed E-state index contributed by atoms with van der Waals surface area (Å²) >= 11 is 0. The molecule has 0 amide bonds. The van der Waals surface area contributed by atoms with Crippen LogP contribution in [0.2, 0.25) is 0 Å². The van der Waals surface area contributed by atoms with E-state index in [1.807, 2.05) is 6.92 Å². The lowest BCUT2D eigenvalue weighted by Crippen LogP contribution is -2.00. The van der Waals surface area contributed by atoms with Crippen LogP contribution in [-0.4, -0.2) is 16.9 Å². The van der Waals surface area contributed by atoms with E-state index in [9.17, 15) is 9.59 Å². The zero-order valence-corrected chi connectivity index (χ0v) is 9.14.